The quantitative estimate of drug-likeness (QED) is 0.793. The Bertz CT molecular complexity index is 914. The predicted molar refractivity (Wildman–Crippen MR) is 82.4 cm³/mol. The van der Waals surface area contributed by atoms with E-state index < -0.39 is 5.91 Å². The molecule has 2 aromatic carbocycles. The lowest BCUT2D eigenvalue weighted by Gasteiger charge is -2.09. The standard InChI is InChI=1S/C16H13N3O3/c1-22-11-8-6-10(7-9-11)19-16(21)13-5-3-2-4-12(13)14(18-19)15(17)20/h2-9H,1H3,(H2,17,20). The van der Waals surface area contributed by atoms with Gasteiger partial charge in [-0.2, -0.15) is 9.78 Å². The van der Waals surface area contributed by atoms with Gasteiger partial charge in [-0.15, -0.1) is 0 Å². The van der Waals surface area contributed by atoms with E-state index in [1.54, 1.807) is 55.6 Å². The molecule has 0 saturated heterocycles. The molecule has 3 aromatic rings. The Kier molecular flexibility index (Phi) is 3.34. The van der Waals surface area contributed by atoms with Gasteiger partial charge in [0.2, 0.25) is 0 Å². The molecule has 110 valence electrons. The summed E-state index contributed by atoms with van der Waals surface area (Å²) in [5, 5.41) is 4.95. The first-order valence-corrected chi connectivity index (χ1v) is 6.58. The molecule has 0 aliphatic heterocycles. The van der Waals surface area contributed by atoms with Crippen molar-refractivity contribution in [3.8, 4) is 11.4 Å². The minimum Gasteiger partial charge on any atom is -0.497 e. The zero-order valence-electron chi connectivity index (χ0n) is 11.8. The van der Waals surface area contributed by atoms with Crippen molar-refractivity contribution >= 4 is 16.7 Å². The van der Waals surface area contributed by atoms with E-state index in [2.05, 4.69) is 5.10 Å². The second-order valence-corrected chi connectivity index (χ2v) is 4.67. The summed E-state index contributed by atoms with van der Waals surface area (Å²) in [5.41, 5.74) is 5.66. The smallest absolute Gasteiger partial charge is 0.279 e. The van der Waals surface area contributed by atoms with Crippen LogP contribution in [-0.2, 0) is 0 Å². The van der Waals surface area contributed by atoms with Crippen LogP contribution in [0.2, 0.25) is 0 Å². The maximum absolute atomic E-state index is 12.6. The maximum Gasteiger partial charge on any atom is 0.279 e. The first kappa shape index (κ1) is 13.8. The highest BCUT2D eigenvalue weighted by atomic mass is 16.5. The van der Waals surface area contributed by atoms with Crippen molar-refractivity contribution in [2.45, 2.75) is 0 Å². The Hall–Kier alpha value is -3.15. The summed E-state index contributed by atoms with van der Waals surface area (Å²) >= 11 is 0. The van der Waals surface area contributed by atoms with Crippen molar-refractivity contribution in [3.05, 3.63) is 64.6 Å². The van der Waals surface area contributed by atoms with Crippen LogP contribution in [0.25, 0.3) is 16.5 Å². The molecule has 0 spiro atoms. The summed E-state index contributed by atoms with van der Waals surface area (Å²) in [6, 6.07) is 13.6. The molecule has 3 rings (SSSR count). The molecule has 0 atom stereocenters. The summed E-state index contributed by atoms with van der Waals surface area (Å²) in [7, 11) is 1.56. The van der Waals surface area contributed by atoms with Crippen molar-refractivity contribution < 1.29 is 9.53 Å². The third-order valence-electron chi connectivity index (χ3n) is 3.36. The first-order valence-electron chi connectivity index (χ1n) is 6.58. The molecule has 0 aliphatic rings. The number of carbonyl (C=O) groups excluding carboxylic acids is 1. The fourth-order valence-electron chi connectivity index (χ4n) is 2.27. The average Bonchev–Trinajstić information content (AvgIpc) is 2.55. The lowest BCUT2D eigenvalue weighted by molar-refractivity contribution is 0.0995. The summed E-state index contributed by atoms with van der Waals surface area (Å²) in [6.45, 7) is 0. The van der Waals surface area contributed by atoms with Crippen molar-refractivity contribution in [1.29, 1.82) is 0 Å². The van der Waals surface area contributed by atoms with Gasteiger partial charge in [0.25, 0.3) is 11.5 Å². The second kappa shape index (κ2) is 5.33. The second-order valence-electron chi connectivity index (χ2n) is 4.67. The number of primary amides is 1. The van der Waals surface area contributed by atoms with Crippen LogP contribution < -0.4 is 16.0 Å². The van der Waals surface area contributed by atoms with E-state index in [9.17, 15) is 9.59 Å². The van der Waals surface area contributed by atoms with E-state index in [1.807, 2.05) is 0 Å². The van der Waals surface area contributed by atoms with Crippen LogP contribution in [0.3, 0.4) is 0 Å². The molecule has 1 aromatic heterocycles. The highest BCUT2D eigenvalue weighted by Crippen LogP contribution is 2.16. The topological polar surface area (TPSA) is 87.2 Å². The maximum atomic E-state index is 12.6. The number of amides is 1. The fourth-order valence-corrected chi connectivity index (χ4v) is 2.27. The Morgan fingerprint density at radius 3 is 2.32 bits per heavy atom. The van der Waals surface area contributed by atoms with Gasteiger partial charge in [0.05, 0.1) is 18.2 Å². The van der Waals surface area contributed by atoms with E-state index in [0.29, 0.717) is 22.2 Å². The van der Waals surface area contributed by atoms with Gasteiger partial charge in [-0.25, -0.2) is 0 Å². The number of nitrogens with two attached hydrogens (primary N) is 1. The zero-order chi connectivity index (χ0) is 15.7. The third kappa shape index (κ3) is 2.20. The van der Waals surface area contributed by atoms with E-state index >= 15 is 0 Å². The SMILES string of the molecule is COc1ccc(-n2nc(C(N)=O)c3ccccc3c2=O)cc1. The van der Waals surface area contributed by atoms with E-state index in [0.717, 1.165) is 0 Å². The summed E-state index contributed by atoms with van der Waals surface area (Å²) in [4.78, 5) is 24.2. The lowest BCUT2D eigenvalue weighted by atomic mass is 10.1. The van der Waals surface area contributed by atoms with Crippen LogP contribution in [0.5, 0.6) is 5.75 Å². The van der Waals surface area contributed by atoms with Gasteiger partial charge in [-0.05, 0) is 30.3 Å². The zero-order valence-corrected chi connectivity index (χ0v) is 11.8. The first-order chi connectivity index (χ1) is 10.6. The number of fused-ring (bicyclic) bond motifs is 1. The molecule has 0 bridgehead atoms. The molecular formula is C16H13N3O3. The monoisotopic (exact) mass is 295 g/mol. The van der Waals surface area contributed by atoms with Crippen LogP contribution >= 0.6 is 0 Å². The van der Waals surface area contributed by atoms with Crippen molar-refractivity contribution in [2.75, 3.05) is 7.11 Å². The molecule has 0 radical (unpaired) electrons. The normalized spacial score (nSPS) is 10.6. The molecule has 1 heterocycles. The Morgan fingerprint density at radius 1 is 1.09 bits per heavy atom. The van der Waals surface area contributed by atoms with E-state index in [-0.39, 0.29) is 11.3 Å². The van der Waals surface area contributed by atoms with Crippen LogP contribution in [0, 0.1) is 0 Å². The molecule has 22 heavy (non-hydrogen) atoms. The van der Waals surface area contributed by atoms with Gasteiger partial charge in [0.1, 0.15) is 5.75 Å². The van der Waals surface area contributed by atoms with E-state index in [4.69, 9.17) is 10.5 Å². The highest BCUT2D eigenvalue weighted by molar-refractivity contribution is 6.04. The van der Waals surface area contributed by atoms with Gasteiger partial charge in [0.15, 0.2) is 5.69 Å². The average molecular weight is 295 g/mol. The molecule has 1 amide bonds. The largest absolute Gasteiger partial charge is 0.497 e. The van der Waals surface area contributed by atoms with Gasteiger partial charge in [-0.3, -0.25) is 9.59 Å². The number of carbonyl (C=O) groups is 1. The van der Waals surface area contributed by atoms with Crippen molar-refractivity contribution in [1.82, 2.24) is 9.78 Å². The third-order valence-corrected chi connectivity index (χ3v) is 3.36. The molecule has 0 aliphatic carbocycles. The van der Waals surface area contributed by atoms with Gasteiger partial charge in [-0.1, -0.05) is 18.2 Å². The minimum absolute atomic E-state index is 0.0611. The van der Waals surface area contributed by atoms with Crippen molar-refractivity contribution in [3.63, 3.8) is 0 Å². The number of aromatic nitrogens is 2. The number of benzene rings is 2. The summed E-state index contributed by atoms with van der Waals surface area (Å²) < 4.78 is 6.25. The van der Waals surface area contributed by atoms with Crippen LogP contribution in [-0.4, -0.2) is 22.8 Å². The molecule has 6 nitrogen and oxygen atoms in total. The Morgan fingerprint density at radius 2 is 1.73 bits per heavy atom. The fraction of sp³-hybridized carbons (Fsp3) is 0.0625. The van der Waals surface area contributed by atoms with E-state index in [1.165, 1.54) is 4.68 Å². The Balaban J connectivity index is 2.31. The van der Waals surface area contributed by atoms with Crippen LogP contribution in [0.1, 0.15) is 10.5 Å². The summed E-state index contributed by atoms with van der Waals surface area (Å²) in [6.07, 6.45) is 0. The molecule has 0 saturated carbocycles. The number of rotatable bonds is 3. The van der Waals surface area contributed by atoms with Gasteiger partial charge >= 0.3 is 0 Å². The number of nitrogens with zero attached hydrogens (tertiary/aromatic N) is 2. The van der Waals surface area contributed by atoms with Crippen LogP contribution in [0.4, 0.5) is 0 Å². The Labute approximate surface area is 125 Å². The van der Waals surface area contributed by atoms with Crippen LogP contribution in [0.15, 0.2) is 53.3 Å². The molecule has 6 heteroatoms. The number of ether oxygens (including phenoxy) is 1. The number of hydrogen-bond acceptors (Lipinski definition) is 4. The molecule has 0 fully saturated rings. The lowest BCUT2D eigenvalue weighted by Crippen LogP contribution is -2.26. The minimum atomic E-state index is -0.682. The molecule has 2 N–H and O–H groups in total. The molecular weight excluding hydrogens is 282 g/mol. The molecule has 0 unspecified atom stereocenters. The van der Waals surface area contributed by atoms with Gasteiger partial charge in [0, 0.05) is 5.39 Å². The highest BCUT2D eigenvalue weighted by Gasteiger charge is 2.14. The number of hydrogen-bond donors (Lipinski definition) is 1. The summed E-state index contributed by atoms with van der Waals surface area (Å²) in [5.74, 6) is -0.0221. The van der Waals surface area contributed by atoms with Crippen molar-refractivity contribution in [2.24, 2.45) is 5.73 Å². The number of methoxy groups -OCH3 is 1. The predicted octanol–water partition coefficient (Wildman–Crippen LogP) is 1.49. The van der Waals surface area contributed by atoms with Gasteiger partial charge < -0.3 is 10.5 Å².